The lowest BCUT2D eigenvalue weighted by atomic mass is 9.86. The summed E-state index contributed by atoms with van der Waals surface area (Å²) in [6.07, 6.45) is 0. The monoisotopic (exact) mass is 356 g/mol. The van der Waals surface area contributed by atoms with Crippen LogP contribution in [0.2, 0.25) is 0 Å². The van der Waals surface area contributed by atoms with E-state index in [1.807, 2.05) is 0 Å². The minimum absolute atomic E-state index is 0.126. The van der Waals surface area contributed by atoms with Crippen LogP contribution in [0.15, 0.2) is 34.1 Å². The first-order chi connectivity index (χ1) is 10.9. The van der Waals surface area contributed by atoms with Gasteiger partial charge in [0.25, 0.3) is 0 Å². The van der Waals surface area contributed by atoms with Crippen LogP contribution >= 0.6 is 21.6 Å². The Hall–Kier alpha value is -0.860. The number of aryl methyl sites for hydroxylation is 2. The van der Waals surface area contributed by atoms with E-state index in [-0.39, 0.29) is 10.8 Å². The Balaban J connectivity index is 2.23. The summed E-state index contributed by atoms with van der Waals surface area (Å²) in [6, 6.07) is 16.1. The normalized spacial score (nSPS) is 12.5. The summed E-state index contributed by atoms with van der Waals surface area (Å²) in [6.45, 7) is 17.8. The summed E-state index contributed by atoms with van der Waals surface area (Å²) in [5, 5.41) is 0. The van der Waals surface area contributed by atoms with Crippen LogP contribution in [-0.2, 0) is 10.8 Å². The van der Waals surface area contributed by atoms with Crippen LogP contribution in [-0.4, -0.2) is 0 Å². The minimum Gasteiger partial charge on any atom is -0.0561 e. The van der Waals surface area contributed by atoms with Gasteiger partial charge in [-0.15, -0.1) is 0 Å². The largest absolute Gasteiger partial charge is 0.0561 e. The average Bonchev–Trinajstić information content (AvgIpc) is 2.42. The molecule has 0 saturated carbocycles. The summed E-state index contributed by atoms with van der Waals surface area (Å²) in [5.74, 6) is 0. The lowest BCUT2D eigenvalue weighted by Crippen LogP contribution is -2.11. The lowest BCUT2D eigenvalue weighted by Gasteiger charge is -2.21. The highest BCUT2D eigenvalue weighted by Crippen LogP contribution is 2.40. The Morgan fingerprint density at radius 1 is 0.625 bits per heavy atom. The second kappa shape index (κ2) is 7.17. The fourth-order valence-corrected chi connectivity index (χ4v) is 4.38. The molecule has 0 aliphatic carbocycles. The second-order valence-electron chi connectivity index (χ2n) is 8.54. The molecule has 2 rings (SSSR count). The van der Waals surface area contributed by atoms with Crippen LogP contribution in [0, 0.1) is 26.0 Å². The van der Waals surface area contributed by atoms with Gasteiger partial charge in [0.15, 0.2) is 0 Å². The van der Waals surface area contributed by atoms with Crippen LogP contribution in [0.4, 0.5) is 0 Å². The Bertz CT molecular complexity index is 652. The Labute approximate surface area is 156 Å². The maximum Gasteiger partial charge on any atom is 0.0270 e. The molecule has 0 fully saturated rings. The highest BCUT2D eigenvalue weighted by atomic mass is 33.1. The van der Waals surface area contributed by atoms with Gasteiger partial charge in [-0.05, 0) is 59.1 Å². The first-order valence-corrected chi connectivity index (χ1v) is 10.5. The number of rotatable bonds is 3. The van der Waals surface area contributed by atoms with Gasteiger partial charge in [0.2, 0.25) is 0 Å². The number of hydrogen-bond acceptors (Lipinski definition) is 2. The zero-order chi connectivity index (χ0) is 18.1. The van der Waals surface area contributed by atoms with Crippen LogP contribution < -0.4 is 0 Å². The molecule has 24 heavy (non-hydrogen) atoms. The Morgan fingerprint density at radius 2 is 0.958 bits per heavy atom. The summed E-state index contributed by atoms with van der Waals surface area (Å²) in [7, 11) is 3.55. The maximum absolute atomic E-state index is 3.58. The quantitative estimate of drug-likeness (QED) is 0.529. The van der Waals surface area contributed by atoms with Gasteiger partial charge < -0.3 is 0 Å². The summed E-state index contributed by atoms with van der Waals surface area (Å²) >= 11 is 0. The second-order valence-corrected chi connectivity index (χ2v) is 10.8. The van der Waals surface area contributed by atoms with E-state index >= 15 is 0 Å². The average molecular weight is 357 g/mol. The maximum atomic E-state index is 3.58. The van der Waals surface area contributed by atoms with E-state index in [0.717, 1.165) is 0 Å². The highest BCUT2D eigenvalue weighted by Gasteiger charge is 2.17. The van der Waals surface area contributed by atoms with Gasteiger partial charge in [0, 0.05) is 21.9 Å². The zero-order valence-corrected chi connectivity index (χ0v) is 17.8. The van der Waals surface area contributed by atoms with E-state index in [0.29, 0.717) is 0 Å². The molecule has 0 aliphatic heterocycles. The molecule has 128 valence electrons. The van der Waals surface area contributed by atoms with E-state index in [1.54, 1.807) is 21.6 Å². The fraction of sp³-hybridized carbons (Fsp3) is 0.455. The summed E-state index contributed by atoms with van der Waals surface area (Å²) in [4.78, 5) is 2.38. The molecule has 2 heteroatoms. The van der Waals surface area contributed by atoms with Crippen molar-refractivity contribution < 1.29 is 0 Å². The van der Waals surface area contributed by atoms with Gasteiger partial charge in [-0.25, -0.2) is 0 Å². The molecule has 0 spiro atoms. The van der Waals surface area contributed by atoms with Gasteiger partial charge in [-0.2, -0.15) is 0 Å². The molecule has 0 nitrogen and oxygen atoms in total. The van der Waals surface area contributed by atoms with Crippen LogP contribution in [0.1, 0.15) is 63.8 Å². The topological polar surface area (TPSA) is 0 Å². The molecular formula is C22H28S2. The third-order valence-corrected chi connectivity index (χ3v) is 6.02. The molecule has 2 aromatic carbocycles. The molecule has 0 heterocycles. The standard InChI is InChI=1S/C22H28S2/c1-15-9-17(21(3,4)5)13-19(11-15)23-24-20-12-16(2)10-18(14-20)22(6,7)8/h9-12H,1-8H3. The fourth-order valence-electron chi connectivity index (χ4n) is 2.35. The van der Waals surface area contributed by atoms with Crippen molar-refractivity contribution in [3.8, 4) is 0 Å². The molecule has 0 unspecified atom stereocenters. The van der Waals surface area contributed by atoms with E-state index in [2.05, 4.69) is 91.8 Å². The van der Waals surface area contributed by atoms with Crippen molar-refractivity contribution in [3.05, 3.63) is 58.7 Å². The minimum atomic E-state index is 0.126. The first kappa shape index (κ1) is 19.5. The van der Waals surface area contributed by atoms with Gasteiger partial charge >= 0.3 is 0 Å². The third-order valence-electron chi connectivity index (χ3n) is 3.81. The Morgan fingerprint density at radius 3 is 1.25 bits per heavy atom. The molecular weight excluding hydrogens is 328 g/mol. The lowest BCUT2D eigenvalue weighted by molar-refractivity contribution is 0.586. The molecule has 0 aliphatic rings. The van der Waals surface area contributed by atoms with Crippen molar-refractivity contribution in [1.82, 2.24) is 0 Å². The van der Waals surface area contributed by atoms with Crippen molar-refractivity contribution in [2.75, 3.05) is 0 Å². The molecule has 0 saturated heterocycles. The molecule has 0 N–H and O–H groups in total. The Kier molecular flexibility index (Phi) is 5.82. The number of hydrogen-bond donors (Lipinski definition) is 0. The van der Waals surface area contributed by atoms with Crippen molar-refractivity contribution in [1.29, 1.82) is 0 Å². The summed E-state index contributed by atoms with van der Waals surface area (Å²) in [5.41, 5.74) is 5.39. The predicted molar refractivity (Wildman–Crippen MR) is 109 cm³/mol. The van der Waals surface area contributed by atoms with Gasteiger partial charge in [-0.3, -0.25) is 0 Å². The van der Waals surface area contributed by atoms with Gasteiger partial charge in [-0.1, -0.05) is 75.3 Å². The van der Waals surface area contributed by atoms with Crippen molar-refractivity contribution >= 4 is 21.6 Å². The molecule has 2 radical (unpaired) electrons. The highest BCUT2D eigenvalue weighted by molar-refractivity contribution is 8.76. The molecule has 0 atom stereocenters. The van der Waals surface area contributed by atoms with Crippen molar-refractivity contribution in [2.24, 2.45) is 0 Å². The van der Waals surface area contributed by atoms with Gasteiger partial charge in [0.05, 0.1) is 0 Å². The van der Waals surface area contributed by atoms with Crippen molar-refractivity contribution in [2.45, 2.75) is 76.0 Å². The smallest absolute Gasteiger partial charge is 0.0270 e. The molecule has 0 bridgehead atoms. The molecule has 0 aromatic heterocycles. The van der Waals surface area contributed by atoms with E-state index < -0.39 is 0 Å². The number of benzene rings is 2. The zero-order valence-electron chi connectivity index (χ0n) is 16.1. The van der Waals surface area contributed by atoms with Crippen LogP contribution in [0.3, 0.4) is 0 Å². The SMILES string of the molecule is Cc1cc(SSc2[c]c(C(C)(C)C)cc(C)c2)[c]c(C(C)(C)C)c1. The van der Waals surface area contributed by atoms with E-state index in [9.17, 15) is 0 Å². The van der Waals surface area contributed by atoms with Crippen LogP contribution in [0.25, 0.3) is 0 Å². The first-order valence-electron chi connectivity index (χ1n) is 8.38. The van der Waals surface area contributed by atoms with E-state index in [1.165, 1.54) is 32.0 Å². The molecule has 0 amide bonds. The van der Waals surface area contributed by atoms with Gasteiger partial charge in [0.1, 0.15) is 0 Å². The summed E-state index contributed by atoms with van der Waals surface area (Å²) < 4.78 is 0. The van der Waals surface area contributed by atoms with Crippen molar-refractivity contribution in [3.63, 3.8) is 0 Å². The third kappa shape index (κ3) is 5.32. The molecule has 2 aromatic rings. The van der Waals surface area contributed by atoms with E-state index in [4.69, 9.17) is 0 Å². The predicted octanol–water partition coefficient (Wildman–Crippen LogP) is 7.30. The van der Waals surface area contributed by atoms with Crippen LogP contribution in [0.5, 0.6) is 0 Å².